The Morgan fingerprint density at radius 3 is 2.55 bits per heavy atom. The maximum Gasteiger partial charge on any atom is 0.322 e. The minimum atomic E-state index is -1.12. The van der Waals surface area contributed by atoms with Gasteiger partial charge in [0.2, 0.25) is 0 Å². The van der Waals surface area contributed by atoms with E-state index in [0.29, 0.717) is 19.4 Å². The molecule has 3 N–H and O–H groups in total. The summed E-state index contributed by atoms with van der Waals surface area (Å²) in [6.07, 6.45) is 4.24. The van der Waals surface area contributed by atoms with Crippen molar-refractivity contribution in [1.82, 2.24) is 20.7 Å². The number of carbonyl (C=O) groups excluding carboxylic acids is 3. The number of aryl methyl sites for hydroxylation is 1. The number of carbonyl (C=O) groups is 4. The Balaban J connectivity index is 1.65. The summed E-state index contributed by atoms with van der Waals surface area (Å²) < 4.78 is 5.67. The number of benzene rings is 1. The number of hydrazine groups is 1. The van der Waals surface area contributed by atoms with E-state index in [4.69, 9.17) is 4.74 Å². The Morgan fingerprint density at radius 1 is 1.20 bits per heavy atom. The van der Waals surface area contributed by atoms with Crippen LogP contribution in [0.15, 0.2) is 36.4 Å². The van der Waals surface area contributed by atoms with E-state index in [2.05, 4.69) is 22.7 Å². The molecule has 2 amide bonds. The highest BCUT2D eigenvalue weighted by Gasteiger charge is 2.36. The van der Waals surface area contributed by atoms with Gasteiger partial charge in [-0.25, -0.2) is 5.43 Å². The molecular weight excluding hydrogens is 512 g/mol. The summed E-state index contributed by atoms with van der Waals surface area (Å²) >= 11 is 0. The molecule has 1 aliphatic heterocycles. The van der Waals surface area contributed by atoms with Crippen LogP contribution in [0.2, 0.25) is 0 Å². The molecule has 0 bridgehead atoms. The van der Waals surface area contributed by atoms with Crippen molar-refractivity contribution >= 4 is 40.7 Å². The first-order valence-corrected chi connectivity index (χ1v) is 13.7. The van der Waals surface area contributed by atoms with Crippen LogP contribution in [0.25, 0.3) is 17.0 Å². The van der Waals surface area contributed by atoms with Crippen LogP contribution in [0.5, 0.6) is 0 Å². The molecule has 10 heteroatoms. The van der Waals surface area contributed by atoms with Crippen LogP contribution in [0.3, 0.4) is 0 Å². The summed E-state index contributed by atoms with van der Waals surface area (Å²) in [5.74, 6) is -3.03. The monoisotopic (exact) mass is 552 g/mol. The fourth-order valence-electron chi connectivity index (χ4n) is 4.32. The summed E-state index contributed by atoms with van der Waals surface area (Å²) in [5.41, 5.74) is 4.42. The third-order valence-corrected chi connectivity index (χ3v) is 6.93. The molecule has 2 heterocycles. The van der Waals surface area contributed by atoms with E-state index < -0.39 is 47.4 Å². The van der Waals surface area contributed by atoms with Crippen LogP contribution < -0.4 is 10.7 Å². The van der Waals surface area contributed by atoms with Gasteiger partial charge in [-0.05, 0) is 63.6 Å². The second-order valence-electron chi connectivity index (χ2n) is 11.1. The number of esters is 1. The normalized spacial score (nSPS) is 17.6. The number of carboxylic acid groups (broad SMARTS) is 1. The number of fused-ring (bicyclic) bond motifs is 1. The van der Waals surface area contributed by atoms with Crippen molar-refractivity contribution in [1.29, 1.82) is 0 Å². The molecule has 2 aromatic rings. The van der Waals surface area contributed by atoms with Crippen LogP contribution in [0.4, 0.5) is 0 Å². The zero-order valence-corrected chi connectivity index (χ0v) is 24.1. The number of aliphatic carboxylic acids is 1. The molecule has 3 atom stereocenters. The van der Waals surface area contributed by atoms with Crippen LogP contribution in [-0.2, 0) is 30.3 Å². The third kappa shape index (κ3) is 7.65. The molecule has 40 heavy (non-hydrogen) atoms. The highest BCUT2D eigenvalue weighted by Crippen LogP contribution is 2.25. The number of nitrogens with zero attached hydrogens (tertiary/aromatic N) is 2. The van der Waals surface area contributed by atoms with Crippen molar-refractivity contribution in [2.45, 2.75) is 79.0 Å². The average Bonchev–Trinajstić information content (AvgIpc) is 2.93. The zero-order chi connectivity index (χ0) is 29.6. The first-order chi connectivity index (χ1) is 18.8. The Labute approximate surface area is 235 Å². The number of aromatic nitrogens is 1. The maximum atomic E-state index is 13.2. The molecule has 10 nitrogen and oxygen atoms in total. The summed E-state index contributed by atoms with van der Waals surface area (Å²) in [7, 11) is 0. The quantitative estimate of drug-likeness (QED) is 0.381. The summed E-state index contributed by atoms with van der Waals surface area (Å²) in [4.78, 5) is 55.0. The molecule has 1 aromatic heterocycles. The summed E-state index contributed by atoms with van der Waals surface area (Å²) in [5, 5.41) is 14.1. The van der Waals surface area contributed by atoms with Crippen LogP contribution in [0.1, 0.15) is 65.6 Å². The van der Waals surface area contributed by atoms with Gasteiger partial charge in [-0.2, -0.15) is 0 Å². The lowest BCUT2D eigenvalue weighted by molar-refractivity contribution is -0.165. The van der Waals surface area contributed by atoms with Gasteiger partial charge < -0.3 is 15.2 Å². The van der Waals surface area contributed by atoms with Crippen LogP contribution in [-0.4, -0.2) is 63.6 Å². The topological polar surface area (TPSA) is 138 Å². The van der Waals surface area contributed by atoms with Crippen molar-refractivity contribution < 1.29 is 29.0 Å². The molecular formula is C30H40N4O6. The van der Waals surface area contributed by atoms with Crippen molar-refractivity contribution in [2.24, 2.45) is 11.3 Å². The van der Waals surface area contributed by atoms with Gasteiger partial charge in [0.05, 0.1) is 10.9 Å². The molecule has 1 fully saturated rings. The SMILES string of the molecule is CCc1ccc2ccc(/C=C/C(C)(C)C(=O)OC(C(=O)NC(C)C(=O)N3CCCC(C(=O)O)N3)C(C)C)cc2n1. The lowest BCUT2D eigenvalue weighted by atomic mass is 9.92. The number of pyridine rings is 1. The minimum absolute atomic E-state index is 0.332. The molecule has 3 unspecified atom stereocenters. The van der Waals surface area contributed by atoms with E-state index in [1.54, 1.807) is 33.8 Å². The highest BCUT2D eigenvalue weighted by molar-refractivity contribution is 5.91. The van der Waals surface area contributed by atoms with Gasteiger partial charge in [-0.1, -0.05) is 51.1 Å². The number of nitrogens with one attached hydrogen (secondary N) is 2. The molecule has 1 aliphatic rings. The van der Waals surface area contributed by atoms with E-state index in [1.807, 2.05) is 36.4 Å². The van der Waals surface area contributed by atoms with Gasteiger partial charge in [-0.15, -0.1) is 0 Å². The number of hydrogen-bond acceptors (Lipinski definition) is 7. The lowest BCUT2D eigenvalue weighted by Gasteiger charge is -2.34. The Hall–Kier alpha value is -3.79. The molecule has 0 radical (unpaired) electrons. The predicted molar refractivity (Wildman–Crippen MR) is 152 cm³/mol. The summed E-state index contributed by atoms with van der Waals surface area (Å²) in [6, 6.07) is 8.13. The second-order valence-corrected chi connectivity index (χ2v) is 11.1. The highest BCUT2D eigenvalue weighted by atomic mass is 16.5. The molecule has 1 aromatic carbocycles. The van der Waals surface area contributed by atoms with Crippen LogP contribution in [0, 0.1) is 11.3 Å². The van der Waals surface area contributed by atoms with Gasteiger partial charge in [0.15, 0.2) is 6.10 Å². The van der Waals surface area contributed by atoms with Gasteiger partial charge in [0.25, 0.3) is 11.8 Å². The van der Waals surface area contributed by atoms with E-state index >= 15 is 0 Å². The second kappa shape index (κ2) is 13.0. The maximum absolute atomic E-state index is 13.2. The number of hydrogen-bond donors (Lipinski definition) is 3. The van der Waals surface area contributed by atoms with E-state index in [-0.39, 0.29) is 5.92 Å². The van der Waals surface area contributed by atoms with Crippen molar-refractivity contribution in [3.63, 3.8) is 0 Å². The Kier molecular flexibility index (Phi) is 10.0. The van der Waals surface area contributed by atoms with Crippen molar-refractivity contribution in [3.8, 4) is 0 Å². The van der Waals surface area contributed by atoms with E-state index in [0.717, 1.165) is 28.6 Å². The Morgan fingerprint density at radius 2 is 1.90 bits per heavy atom. The lowest BCUT2D eigenvalue weighted by Crippen LogP contribution is -2.60. The largest absolute Gasteiger partial charge is 0.480 e. The Bertz CT molecular complexity index is 1290. The molecule has 3 rings (SSSR count). The number of ether oxygens (including phenoxy) is 1. The molecule has 0 saturated carbocycles. The molecule has 0 spiro atoms. The molecule has 216 valence electrons. The number of amides is 2. The van der Waals surface area contributed by atoms with Gasteiger partial charge >= 0.3 is 11.9 Å². The average molecular weight is 553 g/mol. The van der Waals surface area contributed by atoms with E-state index in [9.17, 15) is 24.3 Å². The minimum Gasteiger partial charge on any atom is -0.480 e. The van der Waals surface area contributed by atoms with Gasteiger partial charge in [-0.3, -0.25) is 29.2 Å². The smallest absolute Gasteiger partial charge is 0.322 e. The fourth-order valence-corrected chi connectivity index (χ4v) is 4.32. The van der Waals surface area contributed by atoms with Crippen LogP contribution >= 0.6 is 0 Å². The van der Waals surface area contributed by atoms with Crippen molar-refractivity contribution in [3.05, 3.63) is 47.7 Å². The fraction of sp³-hybridized carbons (Fsp3) is 0.500. The summed E-state index contributed by atoms with van der Waals surface area (Å²) in [6.45, 7) is 10.8. The van der Waals surface area contributed by atoms with E-state index in [1.165, 1.54) is 11.9 Å². The number of rotatable bonds is 10. The van der Waals surface area contributed by atoms with Gasteiger partial charge in [0.1, 0.15) is 12.1 Å². The third-order valence-electron chi connectivity index (χ3n) is 6.93. The van der Waals surface area contributed by atoms with Crippen molar-refractivity contribution in [2.75, 3.05) is 6.54 Å². The predicted octanol–water partition coefficient (Wildman–Crippen LogP) is 3.49. The number of carboxylic acids is 1. The zero-order valence-electron chi connectivity index (χ0n) is 24.1. The first-order valence-electron chi connectivity index (χ1n) is 13.7. The first kappa shape index (κ1) is 30.7. The molecule has 0 aliphatic carbocycles. The standard InChI is InChI=1S/C30H40N4O6/c1-7-22-13-12-21-11-10-20(17-24(21)32-22)14-15-30(5,6)29(39)40-25(18(2)3)26(35)31-19(4)27(36)34-16-8-9-23(33-34)28(37)38/h10-15,17-19,23,25,33H,7-9,16H2,1-6H3,(H,31,35)(H,37,38)/b15-14+. The molecule has 1 saturated heterocycles. The van der Waals surface area contributed by atoms with Gasteiger partial charge in [0, 0.05) is 17.6 Å².